The first-order valence-corrected chi connectivity index (χ1v) is 8.55. The Hall–Kier alpha value is -1.98. The number of likely N-dealkylation sites (tertiary alicyclic amines) is 1. The molecule has 1 aromatic heterocycles. The SMILES string of the molecule is COc1ccc(Cl)cc1NC(=O)C[NH+]1CCC[C@H]1c1cccn1C. The molecule has 1 aliphatic heterocycles. The lowest BCUT2D eigenvalue weighted by atomic mass is 10.1. The number of hydrogen-bond acceptors (Lipinski definition) is 2. The quantitative estimate of drug-likeness (QED) is 0.868. The van der Waals surface area contributed by atoms with Gasteiger partial charge in [-0.1, -0.05) is 11.6 Å². The number of nitrogens with one attached hydrogen (secondary N) is 2. The monoisotopic (exact) mass is 348 g/mol. The Labute approximate surface area is 147 Å². The molecular weight excluding hydrogens is 326 g/mol. The van der Waals surface area contributed by atoms with Gasteiger partial charge in [0.05, 0.1) is 25.0 Å². The summed E-state index contributed by atoms with van der Waals surface area (Å²) in [5.74, 6) is 0.592. The van der Waals surface area contributed by atoms with E-state index in [2.05, 4.69) is 35.3 Å². The van der Waals surface area contributed by atoms with Gasteiger partial charge in [0.1, 0.15) is 11.8 Å². The molecule has 2 aromatic rings. The number of aromatic nitrogens is 1. The Morgan fingerprint density at radius 2 is 2.29 bits per heavy atom. The summed E-state index contributed by atoms with van der Waals surface area (Å²) in [6, 6.07) is 9.79. The number of carbonyl (C=O) groups is 1. The van der Waals surface area contributed by atoms with E-state index in [1.54, 1.807) is 25.3 Å². The van der Waals surface area contributed by atoms with Crippen LogP contribution in [-0.4, -0.2) is 30.7 Å². The summed E-state index contributed by atoms with van der Waals surface area (Å²) in [6.45, 7) is 1.45. The molecule has 0 spiro atoms. The molecule has 6 heteroatoms. The van der Waals surface area contributed by atoms with Crippen molar-refractivity contribution in [3.63, 3.8) is 0 Å². The number of rotatable bonds is 5. The highest BCUT2D eigenvalue weighted by molar-refractivity contribution is 6.31. The smallest absolute Gasteiger partial charge is 0.279 e. The Bertz CT molecular complexity index is 729. The van der Waals surface area contributed by atoms with Crippen molar-refractivity contribution >= 4 is 23.2 Å². The molecule has 24 heavy (non-hydrogen) atoms. The lowest BCUT2D eigenvalue weighted by Crippen LogP contribution is -3.11. The molecule has 1 unspecified atom stereocenters. The first-order chi connectivity index (χ1) is 11.6. The van der Waals surface area contributed by atoms with Crippen LogP contribution in [0, 0.1) is 0 Å². The molecule has 2 atom stereocenters. The minimum absolute atomic E-state index is 0.0216. The third-order valence-electron chi connectivity index (χ3n) is 4.65. The average Bonchev–Trinajstić information content (AvgIpc) is 3.16. The highest BCUT2D eigenvalue weighted by Gasteiger charge is 2.33. The van der Waals surface area contributed by atoms with Crippen LogP contribution in [0.1, 0.15) is 24.6 Å². The highest BCUT2D eigenvalue weighted by Crippen LogP contribution is 2.27. The Morgan fingerprint density at radius 3 is 3.00 bits per heavy atom. The number of ether oxygens (including phenoxy) is 1. The Morgan fingerprint density at radius 1 is 1.46 bits per heavy atom. The molecule has 128 valence electrons. The number of benzene rings is 1. The summed E-state index contributed by atoms with van der Waals surface area (Å²) < 4.78 is 7.43. The van der Waals surface area contributed by atoms with Gasteiger partial charge in [-0.2, -0.15) is 0 Å². The van der Waals surface area contributed by atoms with Crippen LogP contribution in [0.25, 0.3) is 0 Å². The van der Waals surface area contributed by atoms with E-state index in [1.807, 2.05) is 0 Å². The number of hydrogen-bond donors (Lipinski definition) is 2. The van der Waals surface area contributed by atoms with Gasteiger partial charge in [0, 0.05) is 31.1 Å². The normalized spacial score (nSPS) is 20.1. The van der Waals surface area contributed by atoms with E-state index in [9.17, 15) is 4.79 Å². The lowest BCUT2D eigenvalue weighted by molar-refractivity contribution is -0.910. The second-order valence-corrected chi connectivity index (χ2v) is 6.65. The van der Waals surface area contributed by atoms with E-state index in [4.69, 9.17) is 16.3 Å². The zero-order valence-electron chi connectivity index (χ0n) is 14.0. The van der Waals surface area contributed by atoms with Gasteiger partial charge in [-0.15, -0.1) is 0 Å². The van der Waals surface area contributed by atoms with Crippen molar-refractivity contribution in [3.8, 4) is 5.75 Å². The van der Waals surface area contributed by atoms with Gasteiger partial charge in [-0.3, -0.25) is 4.79 Å². The van der Waals surface area contributed by atoms with E-state index in [1.165, 1.54) is 10.6 Å². The third kappa shape index (κ3) is 3.57. The number of nitrogens with zero attached hydrogens (tertiary/aromatic N) is 1. The van der Waals surface area contributed by atoms with E-state index < -0.39 is 0 Å². The van der Waals surface area contributed by atoms with Crippen molar-refractivity contribution in [3.05, 3.63) is 47.2 Å². The van der Waals surface area contributed by atoms with Crippen molar-refractivity contribution in [1.29, 1.82) is 0 Å². The second-order valence-electron chi connectivity index (χ2n) is 6.22. The summed E-state index contributed by atoms with van der Waals surface area (Å²) in [7, 11) is 3.64. The van der Waals surface area contributed by atoms with Crippen molar-refractivity contribution < 1.29 is 14.4 Å². The third-order valence-corrected chi connectivity index (χ3v) is 4.88. The fraction of sp³-hybridized carbons (Fsp3) is 0.389. The molecule has 0 radical (unpaired) electrons. The Balaban J connectivity index is 1.69. The van der Waals surface area contributed by atoms with Crippen molar-refractivity contribution in [1.82, 2.24) is 4.57 Å². The van der Waals surface area contributed by atoms with Crippen LogP contribution in [0.2, 0.25) is 5.02 Å². The van der Waals surface area contributed by atoms with Crippen LogP contribution in [0.3, 0.4) is 0 Å². The molecule has 2 heterocycles. The van der Waals surface area contributed by atoms with Crippen LogP contribution in [0.4, 0.5) is 5.69 Å². The fourth-order valence-corrected chi connectivity index (χ4v) is 3.67. The molecular formula is C18H23ClN3O2+. The number of halogens is 1. The van der Waals surface area contributed by atoms with Crippen LogP contribution in [0.5, 0.6) is 5.75 Å². The number of aryl methyl sites for hydroxylation is 1. The van der Waals surface area contributed by atoms with Gasteiger partial charge in [0.15, 0.2) is 6.54 Å². The predicted octanol–water partition coefficient (Wildman–Crippen LogP) is 2.05. The van der Waals surface area contributed by atoms with Gasteiger partial charge < -0.3 is 19.5 Å². The number of methoxy groups -OCH3 is 1. The fourth-order valence-electron chi connectivity index (χ4n) is 3.50. The molecule has 1 aromatic carbocycles. The van der Waals surface area contributed by atoms with Crippen molar-refractivity contribution in [2.45, 2.75) is 18.9 Å². The lowest BCUT2D eigenvalue weighted by Gasteiger charge is -2.22. The first-order valence-electron chi connectivity index (χ1n) is 8.17. The summed E-state index contributed by atoms with van der Waals surface area (Å²) in [6.07, 6.45) is 4.31. The minimum Gasteiger partial charge on any atom is -0.495 e. The summed E-state index contributed by atoms with van der Waals surface area (Å²) in [5.41, 5.74) is 1.90. The van der Waals surface area contributed by atoms with E-state index in [-0.39, 0.29) is 5.91 Å². The summed E-state index contributed by atoms with van der Waals surface area (Å²) in [4.78, 5) is 13.8. The topological polar surface area (TPSA) is 47.7 Å². The molecule has 1 fully saturated rings. The number of quaternary nitrogens is 1. The Kier molecular flexibility index (Phi) is 5.11. The predicted molar refractivity (Wildman–Crippen MR) is 94.7 cm³/mol. The van der Waals surface area contributed by atoms with Crippen LogP contribution in [0.15, 0.2) is 36.5 Å². The number of anilines is 1. The molecule has 3 rings (SSSR count). The van der Waals surface area contributed by atoms with E-state index >= 15 is 0 Å². The summed E-state index contributed by atoms with van der Waals surface area (Å²) >= 11 is 6.02. The molecule has 1 aliphatic rings. The van der Waals surface area contributed by atoms with Crippen molar-refractivity contribution in [2.75, 3.05) is 25.5 Å². The average molecular weight is 349 g/mol. The molecule has 0 saturated carbocycles. The zero-order chi connectivity index (χ0) is 17.1. The maximum atomic E-state index is 12.5. The zero-order valence-corrected chi connectivity index (χ0v) is 14.8. The van der Waals surface area contributed by atoms with Gasteiger partial charge in [0.25, 0.3) is 5.91 Å². The van der Waals surface area contributed by atoms with E-state index in [0.29, 0.717) is 29.0 Å². The second kappa shape index (κ2) is 7.28. The van der Waals surface area contributed by atoms with Crippen LogP contribution in [-0.2, 0) is 11.8 Å². The van der Waals surface area contributed by atoms with Gasteiger partial charge in [-0.05, 0) is 30.3 Å². The van der Waals surface area contributed by atoms with Gasteiger partial charge >= 0.3 is 0 Å². The summed E-state index contributed by atoms with van der Waals surface area (Å²) in [5, 5.41) is 3.50. The molecule has 5 nitrogen and oxygen atoms in total. The van der Waals surface area contributed by atoms with Crippen LogP contribution < -0.4 is 15.0 Å². The maximum Gasteiger partial charge on any atom is 0.279 e. The first kappa shape index (κ1) is 16.9. The molecule has 0 bridgehead atoms. The molecule has 1 saturated heterocycles. The van der Waals surface area contributed by atoms with Gasteiger partial charge in [-0.25, -0.2) is 0 Å². The molecule has 1 amide bonds. The maximum absolute atomic E-state index is 12.5. The largest absolute Gasteiger partial charge is 0.495 e. The molecule has 0 aliphatic carbocycles. The molecule has 2 N–H and O–H groups in total. The van der Waals surface area contributed by atoms with Crippen molar-refractivity contribution in [2.24, 2.45) is 7.05 Å². The van der Waals surface area contributed by atoms with Crippen LogP contribution >= 0.6 is 11.6 Å². The highest BCUT2D eigenvalue weighted by atomic mass is 35.5. The van der Waals surface area contributed by atoms with Gasteiger partial charge in [0.2, 0.25) is 0 Å². The van der Waals surface area contributed by atoms with E-state index in [0.717, 1.165) is 19.4 Å². The minimum atomic E-state index is -0.0216. The standard InChI is InChI=1S/C18H22ClN3O2/c1-21-9-3-5-15(21)16-6-4-10-22(16)12-18(23)20-14-11-13(19)7-8-17(14)24-2/h3,5,7-9,11,16H,4,6,10,12H2,1-2H3,(H,20,23)/p+1/t16-/m0/s1. The number of amides is 1. The number of carbonyl (C=O) groups excluding carboxylic acids is 1.